The first-order chi connectivity index (χ1) is 12.4. The number of aryl methyl sites for hydroxylation is 3. The molecule has 0 spiro atoms. The van der Waals surface area contributed by atoms with Crippen molar-refractivity contribution in [2.45, 2.75) is 39.9 Å². The van der Waals surface area contributed by atoms with Gasteiger partial charge in [-0.1, -0.05) is 30.3 Å². The summed E-state index contributed by atoms with van der Waals surface area (Å²) in [6.45, 7) is 3.97. The van der Waals surface area contributed by atoms with Gasteiger partial charge in [0, 0.05) is 13.1 Å². The largest absolute Gasteiger partial charge is 0.368 e. The third kappa shape index (κ3) is 3.05. The lowest BCUT2D eigenvalue weighted by molar-refractivity contribution is -0.118. The van der Waals surface area contributed by atoms with Crippen molar-refractivity contribution < 1.29 is 4.79 Å². The van der Waals surface area contributed by atoms with Crippen LogP contribution in [-0.2, 0) is 30.8 Å². The van der Waals surface area contributed by atoms with E-state index in [2.05, 4.69) is 5.10 Å². The van der Waals surface area contributed by atoms with Gasteiger partial charge in [-0.05, 0) is 25.8 Å². The summed E-state index contributed by atoms with van der Waals surface area (Å²) in [5.41, 5.74) is 6.59. The quantitative estimate of drug-likeness (QED) is 0.691. The van der Waals surface area contributed by atoms with Crippen LogP contribution < -0.4 is 17.0 Å². The Kier molecular flexibility index (Phi) is 4.75. The van der Waals surface area contributed by atoms with E-state index in [0.29, 0.717) is 29.7 Å². The van der Waals surface area contributed by atoms with Crippen molar-refractivity contribution in [1.29, 1.82) is 0 Å². The average Bonchev–Trinajstić information content (AvgIpc) is 2.96. The van der Waals surface area contributed by atoms with Gasteiger partial charge in [-0.3, -0.25) is 23.4 Å². The summed E-state index contributed by atoms with van der Waals surface area (Å²) in [7, 11) is 0. The molecule has 2 heterocycles. The Morgan fingerprint density at radius 1 is 1.12 bits per heavy atom. The maximum atomic E-state index is 13.0. The van der Waals surface area contributed by atoms with Crippen LogP contribution >= 0.6 is 0 Å². The highest BCUT2D eigenvalue weighted by molar-refractivity contribution is 5.80. The van der Waals surface area contributed by atoms with Gasteiger partial charge in [0.2, 0.25) is 5.91 Å². The number of aromatic nitrogens is 4. The molecule has 3 aromatic rings. The molecule has 26 heavy (non-hydrogen) atoms. The van der Waals surface area contributed by atoms with Gasteiger partial charge in [-0.2, -0.15) is 5.10 Å². The molecule has 1 amide bonds. The number of benzene rings is 1. The number of rotatable bonds is 6. The zero-order valence-corrected chi connectivity index (χ0v) is 14.8. The molecule has 0 aliphatic heterocycles. The predicted molar refractivity (Wildman–Crippen MR) is 98.0 cm³/mol. The molecular formula is C18H21N5O3. The Bertz CT molecular complexity index is 1080. The fourth-order valence-electron chi connectivity index (χ4n) is 3.18. The maximum absolute atomic E-state index is 13.0. The molecule has 136 valence electrons. The zero-order valence-electron chi connectivity index (χ0n) is 14.8. The molecule has 0 aliphatic rings. The number of amides is 1. The van der Waals surface area contributed by atoms with Gasteiger partial charge in [-0.25, -0.2) is 4.79 Å². The summed E-state index contributed by atoms with van der Waals surface area (Å²) >= 11 is 0. The van der Waals surface area contributed by atoms with Crippen LogP contribution in [0.2, 0.25) is 0 Å². The van der Waals surface area contributed by atoms with E-state index >= 15 is 0 Å². The lowest BCUT2D eigenvalue weighted by atomic mass is 10.1. The van der Waals surface area contributed by atoms with Crippen LogP contribution in [0.25, 0.3) is 11.0 Å². The Morgan fingerprint density at radius 3 is 2.42 bits per heavy atom. The monoisotopic (exact) mass is 355 g/mol. The molecule has 2 aromatic heterocycles. The summed E-state index contributed by atoms with van der Waals surface area (Å²) in [5, 5.41) is 4.33. The minimum atomic E-state index is -0.648. The fraction of sp³-hybridized carbons (Fsp3) is 0.333. The normalized spacial score (nSPS) is 11.2. The van der Waals surface area contributed by atoms with Crippen molar-refractivity contribution in [3.05, 3.63) is 62.4 Å². The third-order valence-corrected chi connectivity index (χ3v) is 4.36. The molecule has 0 saturated heterocycles. The molecule has 8 nitrogen and oxygen atoms in total. The summed E-state index contributed by atoms with van der Waals surface area (Å²) in [6, 6.07) is 9.59. The minimum Gasteiger partial charge on any atom is -0.368 e. The molecule has 3 rings (SSSR count). The number of hydrogen-bond acceptors (Lipinski definition) is 4. The van der Waals surface area contributed by atoms with Gasteiger partial charge in [0.05, 0.1) is 5.69 Å². The van der Waals surface area contributed by atoms with E-state index in [1.54, 1.807) is 11.6 Å². The highest BCUT2D eigenvalue weighted by atomic mass is 16.2. The topological polar surface area (TPSA) is 105 Å². The molecule has 2 N–H and O–H groups in total. The number of nitrogens with zero attached hydrogens (tertiary/aromatic N) is 4. The first-order valence-corrected chi connectivity index (χ1v) is 8.47. The Hall–Kier alpha value is -3.16. The van der Waals surface area contributed by atoms with Gasteiger partial charge in [-0.15, -0.1) is 0 Å². The maximum Gasteiger partial charge on any atom is 0.332 e. The predicted octanol–water partition coefficient (Wildman–Crippen LogP) is 0.416. The molecule has 0 fully saturated rings. The highest BCUT2D eigenvalue weighted by Crippen LogP contribution is 2.13. The van der Waals surface area contributed by atoms with Crippen molar-refractivity contribution in [3.63, 3.8) is 0 Å². The van der Waals surface area contributed by atoms with Crippen LogP contribution in [-0.4, -0.2) is 24.8 Å². The third-order valence-electron chi connectivity index (χ3n) is 4.36. The van der Waals surface area contributed by atoms with E-state index in [-0.39, 0.29) is 13.1 Å². The fourth-order valence-corrected chi connectivity index (χ4v) is 3.18. The second kappa shape index (κ2) is 6.99. The van der Waals surface area contributed by atoms with Crippen LogP contribution in [0.5, 0.6) is 0 Å². The van der Waals surface area contributed by atoms with E-state index in [9.17, 15) is 14.4 Å². The molecular weight excluding hydrogens is 334 g/mol. The van der Waals surface area contributed by atoms with Gasteiger partial charge < -0.3 is 5.73 Å². The van der Waals surface area contributed by atoms with E-state index in [1.807, 2.05) is 37.3 Å². The number of fused-ring (bicyclic) bond motifs is 1. The van der Waals surface area contributed by atoms with Crippen LogP contribution in [0, 0.1) is 6.92 Å². The first-order valence-electron chi connectivity index (χ1n) is 8.47. The van der Waals surface area contributed by atoms with Crippen molar-refractivity contribution >= 4 is 16.9 Å². The lowest BCUT2D eigenvalue weighted by Crippen LogP contribution is -2.42. The number of carbonyl (C=O) groups excluding carboxylic acids is 1. The SMILES string of the molecule is CCn1nc(C)c2c1c(=O)n(CCc1ccccc1)c(=O)n2CC(N)=O. The molecule has 0 saturated carbocycles. The van der Waals surface area contributed by atoms with E-state index in [0.717, 1.165) is 10.1 Å². The molecule has 8 heteroatoms. The van der Waals surface area contributed by atoms with Crippen LogP contribution in [0.15, 0.2) is 39.9 Å². The van der Waals surface area contributed by atoms with Crippen molar-refractivity contribution in [3.8, 4) is 0 Å². The summed E-state index contributed by atoms with van der Waals surface area (Å²) in [5.74, 6) is -0.648. The zero-order chi connectivity index (χ0) is 18.8. The van der Waals surface area contributed by atoms with Crippen molar-refractivity contribution in [2.24, 2.45) is 5.73 Å². The van der Waals surface area contributed by atoms with Gasteiger partial charge in [0.25, 0.3) is 5.56 Å². The van der Waals surface area contributed by atoms with E-state index in [4.69, 9.17) is 5.73 Å². The summed E-state index contributed by atoms with van der Waals surface area (Å²) < 4.78 is 3.97. The summed E-state index contributed by atoms with van der Waals surface area (Å²) in [4.78, 5) is 37.3. The molecule has 1 aromatic carbocycles. The number of primary amides is 1. The number of nitrogens with two attached hydrogens (primary N) is 1. The summed E-state index contributed by atoms with van der Waals surface area (Å²) in [6.07, 6.45) is 0.525. The van der Waals surface area contributed by atoms with Gasteiger partial charge in [0.15, 0.2) is 5.52 Å². The Balaban J connectivity index is 2.20. The van der Waals surface area contributed by atoms with Gasteiger partial charge in [0.1, 0.15) is 12.1 Å². The first kappa shape index (κ1) is 17.7. The molecule has 0 atom stereocenters. The molecule has 0 aliphatic carbocycles. The van der Waals surface area contributed by atoms with Crippen LogP contribution in [0.1, 0.15) is 18.2 Å². The molecule has 0 unspecified atom stereocenters. The van der Waals surface area contributed by atoms with Crippen LogP contribution in [0.3, 0.4) is 0 Å². The minimum absolute atomic E-state index is 0.213. The van der Waals surface area contributed by atoms with Gasteiger partial charge >= 0.3 is 5.69 Å². The second-order valence-electron chi connectivity index (χ2n) is 6.13. The molecule has 0 radical (unpaired) electrons. The lowest BCUT2D eigenvalue weighted by Gasteiger charge is -2.12. The molecule has 0 bridgehead atoms. The van der Waals surface area contributed by atoms with Crippen LogP contribution in [0.4, 0.5) is 0 Å². The average molecular weight is 355 g/mol. The Labute approximate surface area is 149 Å². The Morgan fingerprint density at radius 2 is 1.81 bits per heavy atom. The van der Waals surface area contributed by atoms with Crippen molar-refractivity contribution in [2.75, 3.05) is 0 Å². The number of hydrogen-bond donors (Lipinski definition) is 1. The standard InChI is InChI=1S/C18H21N5O3/c1-3-23-16-15(12(2)20-23)22(11-14(19)24)18(26)21(17(16)25)10-9-13-7-5-4-6-8-13/h4-8H,3,9-11H2,1-2H3,(H2,19,24). The smallest absolute Gasteiger partial charge is 0.332 e. The van der Waals surface area contributed by atoms with E-state index < -0.39 is 17.2 Å². The second-order valence-corrected chi connectivity index (χ2v) is 6.13. The number of carbonyl (C=O) groups is 1. The van der Waals surface area contributed by atoms with E-state index in [1.165, 1.54) is 4.57 Å². The van der Waals surface area contributed by atoms with Crippen molar-refractivity contribution in [1.82, 2.24) is 18.9 Å². The highest BCUT2D eigenvalue weighted by Gasteiger charge is 2.20.